The topological polar surface area (TPSA) is 87.3 Å². The number of hydrogen-bond acceptors (Lipinski definition) is 4. The predicted octanol–water partition coefficient (Wildman–Crippen LogP) is 3.89. The van der Waals surface area contributed by atoms with Crippen molar-refractivity contribution in [3.05, 3.63) is 77.4 Å². The molecule has 0 unspecified atom stereocenters. The van der Waals surface area contributed by atoms with Crippen LogP contribution in [0.2, 0.25) is 0 Å². The van der Waals surface area contributed by atoms with Crippen molar-refractivity contribution >= 4 is 17.5 Å². The fourth-order valence-corrected chi connectivity index (χ4v) is 3.79. The van der Waals surface area contributed by atoms with Crippen LogP contribution in [0, 0.1) is 12.7 Å². The van der Waals surface area contributed by atoms with Gasteiger partial charge < -0.3 is 15.0 Å². The molecular formula is C24H25FN4O3. The summed E-state index contributed by atoms with van der Waals surface area (Å²) in [5.74, 6) is -0.163. The van der Waals surface area contributed by atoms with E-state index in [1.165, 1.54) is 12.1 Å². The third-order valence-corrected chi connectivity index (χ3v) is 5.59. The lowest BCUT2D eigenvalue weighted by Crippen LogP contribution is -2.40. The SMILES string of the molecule is Cc1cccc(OCC(=O)N2CCC(c3cc(C(=O)Nc4ccccc4F)n[nH]3)CC2)c1. The summed E-state index contributed by atoms with van der Waals surface area (Å²) in [7, 11) is 0. The Bertz CT molecular complexity index is 1110. The standard InChI is InChI=1S/C24H25FN4O3/c1-16-5-4-6-18(13-16)32-15-23(30)29-11-9-17(10-12-29)21-14-22(28-27-21)24(31)26-20-8-3-2-7-19(20)25/h2-8,13-14,17H,9-12,15H2,1H3,(H,26,31)(H,27,28). The van der Waals surface area contributed by atoms with Crippen molar-refractivity contribution in [3.8, 4) is 5.75 Å². The molecule has 166 valence electrons. The molecule has 2 aromatic carbocycles. The first-order chi connectivity index (χ1) is 15.5. The van der Waals surface area contributed by atoms with E-state index < -0.39 is 11.7 Å². The minimum Gasteiger partial charge on any atom is -0.484 e. The fraction of sp³-hybridized carbons (Fsp3) is 0.292. The van der Waals surface area contributed by atoms with Crippen LogP contribution < -0.4 is 10.1 Å². The number of ether oxygens (including phenoxy) is 1. The number of carbonyl (C=O) groups excluding carboxylic acids is 2. The van der Waals surface area contributed by atoms with Crippen LogP contribution in [0.25, 0.3) is 0 Å². The number of aromatic nitrogens is 2. The van der Waals surface area contributed by atoms with Crippen LogP contribution in [-0.4, -0.2) is 46.6 Å². The van der Waals surface area contributed by atoms with E-state index in [-0.39, 0.29) is 29.8 Å². The summed E-state index contributed by atoms with van der Waals surface area (Å²) in [6, 6.07) is 15.3. The molecule has 4 rings (SSSR count). The van der Waals surface area contributed by atoms with E-state index in [9.17, 15) is 14.0 Å². The predicted molar refractivity (Wildman–Crippen MR) is 118 cm³/mol. The van der Waals surface area contributed by atoms with Crippen LogP contribution in [0.1, 0.15) is 40.5 Å². The van der Waals surface area contributed by atoms with Gasteiger partial charge in [0.05, 0.1) is 5.69 Å². The molecule has 1 aromatic heterocycles. The average Bonchev–Trinajstić information content (AvgIpc) is 3.30. The smallest absolute Gasteiger partial charge is 0.276 e. The van der Waals surface area contributed by atoms with Gasteiger partial charge in [-0.3, -0.25) is 14.7 Å². The average molecular weight is 436 g/mol. The van der Waals surface area contributed by atoms with Crippen molar-refractivity contribution in [1.29, 1.82) is 0 Å². The lowest BCUT2D eigenvalue weighted by molar-refractivity contribution is -0.134. The van der Waals surface area contributed by atoms with Gasteiger partial charge in [0.25, 0.3) is 11.8 Å². The number of nitrogens with one attached hydrogen (secondary N) is 2. The molecule has 32 heavy (non-hydrogen) atoms. The van der Waals surface area contributed by atoms with Gasteiger partial charge in [-0.15, -0.1) is 0 Å². The summed E-state index contributed by atoms with van der Waals surface area (Å²) in [4.78, 5) is 26.7. The number of piperidine rings is 1. The highest BCUT2D eigenvalue weighted by atomic mass is 19.1. The Morgan fingerprint density at radius 2 is 1.94 bits per heavy atom. The summed E-state index contributed by atoms with van der Waals surface area (Å²) in [5.41, 5.74) is 2.24. The third kappa shape index (κ3) is 5.14. The molecule has 7 nitrogen and oxygen atoms in total. The van der Waals surface area contributed by atoms with Gasteiger partial charge in [0.1, 0.15) is 11.6 Å². The first-order valence-electron chi connectivity index (χ1n) is 10.6. The molecule has 0 atom stereocenters. The zero-order valence-electron chi connectivity index (χ0n) is 17.8. The van der Waals surface area contributed by atoms with Crippen LogP contribution in [0.3, 0.4) is 0 Å². The van der Waals surface area contributed by atoms with E-state index >= 15 is 0 Å². The quantitative estimate of drug-likeness (QED) is 0.614. The molecule has 0 bridgehead atoms. The number of halogens is 1. The Morgan fingerprint density at radius 3 is 2.69 bits per heavy atom. The van der Waals surface area contributed by atoms with Gasteiger partial charge >= 0.3 is 0 Å². The Labute approximate surface area is 185 Å². The minimum absolute atomic E-state index is 0.0124. The number of rotatable bonds is 6. The number of nitrogens with zero attached hydrogens (tertiary/aromatic N) is 2. The fourth-order valence-electron chi connectivity index (χ4n) is 3.79. The highest BCUT2D eigenvalue weighted by Gasteiger charge is 2.26. The molecule has 1 fully saturated rings. The number of carbonyl (C=O) groups is 2. The highest BCUT2D eigenvalue weighted by Crippen LogP contribution is 2.27. The molecule has 2 amide bonds. The minimum atomic E-state index is -0.500. The van der Waals surface area contributed by atoms with E-state index in [4.69, 9.17) is 4.74 Å². The maximum atomic E-state index is 13.7. The lowest BCUT2D eigenvalue weighted by Gasteiger charge is -2.31. The molecule has 2 N–H and O–H groups in total. The first-order valence-corrected chi connectivity index (χ1v) is 10.6. The summed E-state index contributed by atoms with van der Waals surface area (Å²) < 4.78 is 19.4. The largest absolute Gasteiger partial charge is 0.484 e. The number of para-hydroxylation sites is 1. The Hall–Kier alpha value is -3.68. The number of aryl methyl sites for hydroxylation is 1. The van der Waals surface area contributed by atoms with E-state index in [1.807, 2.05) is 31.2 Å². The second-order valence-electron chi connectivity index (χ2n) is 7.90. The monoisotopic (exact) mass is 436 g/mol. The molecule has 1 aliphatic rings. The molecule has 0 aliphatic carbocycles. The normalized spacial score (nSPS) is 14.2. The molecule has 0 spiro atoms. The molecule has 1 saturated heterocycles. The number of benzene rings is 2. The van der Waals surface area contributed by atoms with Crippen molar-refractivity contribution in [2.75, 3.05) is 25.0 Å². The Morgan fingerprint density at radius 1 is 1.16 bits per heavy atom. The van der Waals surface area contributed by atoms with Crippen LogP contribution in [0.15, 0.2) is 54.6 Å². The van der Waals surface area contributed by atoms with Gasteiger partial charge in [0.15, 0.2) is 12.3 Å². The zero-order valence-corrected chi connectivity index (χ0v) is 17.8. The second-order valence-corrected chi connectivity index (χ2v) is 7.90. The lowest BCUT2D eigenvalue weighted by atomic mass is 9.93. The second kappa shape index (κ2) is 9.64. The zero-order chi connectivity index (χ0) is 22.5. The van der Waals surface area contributed by atoms with E-state index in [1.54, 1.807) is 23.1 Å². The molecular weight excluding hydrogens is 411 g/mol. The summed E-state index contributed by atoms with van der Waals surface area (Å²) in [6.45, 7) is 3.20. The van der Waals surface area contributed by atoms with Gasteiger partial charge in [-0.05, 0) is 55.7 Å². The summed E-state index contributed by atoms with van der Waals surface area (Å²) in [6.07, 6.45) is 1.51. The maximum Gasteiger partial charge on any atom is 0.276 e. The number of H-pyrrole nitrogens is 1. The molecule has 3 aromatic rings. The molecule has 8 heteroatoms. The van der Waals surface area contributed by atoms with E-state index in [0.717, 1.165) is 24.1 Å². The molecule has 1 aliphatic heterocycles. The van der Waals surface area contributed by atoms with E-state index in [2.05, 4.69) is 15.5 Å². The van der Waals surface area contributed by atoms with Gasteiger partial charge in [-0.1, -0.05) is 24.3 Å². The Kier molecular flexibility index (Phi) is 6.49. The number of hydrogen-bond donors (Lipinski definition) is 2. The van der Waals surface area contributed by atoms with Gasteiger partial charge in [-0.25, -0.2) is 4.39 Å². The number of amides is 2. The van der Waals surface area contributed by atoms with Gasteiger partial charge in [0.2, 0.25) is 0 Å². The van der Waals surface area contributed by atoms with Crippen LogP contribution in [-0.2, 0) is 4.79 Å². The van der Waals surface area contributed by atoms with E-state index in [0.29, 0.717) is 18.8 Å². The van der Waals surface area contributed by atoms with Crippen molar-refractivity contribution < 1.29 is 18.7 Å². The van der Waals surface area contributed by atoms with Crippen molar-refractivity contribution in [3.63, 3.8) is 0 Å². The van der Waals surface area contributed by atoms with Crippen LogP contribution in [0.5, 0.6) is 5.75 Å². The van der Waals surface area contributed by atoms with Gasteiger partial charge in [0, 0.05) is 24.7 Å². The van der Waals surface area contributed by atoms with Crippen molar-refractivity contribution in [1.82, 2.24) is 15.1 Å². The maximum absolute atomic E-state index is 13.7. The molecule has 0 radical (unpaired) electrons. The summed E-state index contributed by atoms with van der Waals surface area (Å²) >= 11 is 0. The third-order valence-electron chi connectivity index (χ3n) is 5.59. The molecule has 0 saturated carbocycles. The number of aromatic amines is 1. The summed E-state index contributed by atoms with van der Waals surface area (Å²) in [5, 5.41) is 9.53. The number of likely N-dealkylation sites (tertiary alicyclic amines) is 1. The van der Waals surface area contributed by atoms with Crippen molar-refractivity contribution in [2.45, 2.75) is 25.7 Å². The van der Waals surface area contributed by atoms with Crippen LogP contribution >= 0.6 is 0 Å². The molecule has 2 heterocycles. The first kappa shape index (κ1) is 21.5. The van der Waals surface area contributed by atoms with Gasteiger partial charge in [-0.2, -0.15) is 5.10 Å². The van der Waals surface area contributed by atoms with Crippen LogP contribution in [0.4, 0.5) is 10.1 Å². The van der Waals surface area contributed by atoms with Crippen molar-refractivity contribution in [2.24, 2.45) is 0 Å². The Balaban J connectivity index is 1.28. The number of anilines is 1. The highest BCUT2D eigenvalue weighted by molar-refractivity contribution is 6.03.